The smallest absolute Gasteiger partial charge is 0.272 e. The van der Waals surface area contributed by atoms with E-state index in [9.17, 15) is 4.79 Å². The molecule has 164 valence electrons. The van der Waals surface area contributed by atoms with Crippen LogP contribution in [0.25, 0.3) is 0 Å². The maximum atomic E-state index is 13.3. The van der Waals surface area contributed by atoms with E-state index < -0.39 is 5.54 Å². The van der Waals surface area contributed by atoms with Gasteiger partial charge < -0.3 is 10.2 Å². The third-order valence-corrected chi connectivity index (χ3v) is 6.40. The lowest BCUT2D eigenvalue weighted by molar-refractivity contribution is 0.0773. The Hall–Kier alpha value is -3.45. The molecule has 0 bridgehead atoms. The van der Waals surface area contributed by atoms with Crippen LogP contribution in [0.15, 0.2) is 71.9 Å². The molecule has 0 saturated carbocycles. The fraction of sp³-hybridized carbons (Fsp3) is 0.320. The van der Waals surface area contributed by atoms with Crippen LogP contribution in [-0.4, -0.2) is 45.1 Å². The number of hydrogen-bond donors (Lipinski definition) is 2. The average Bonchev–Trinajstić information content (AvgIpc) is 3.46. The number of benzene rings is 2. The molecule has 1 aromatic heterocycles. The molecule has 3 heterocycles. The predicted molar refractivity (Wildman–Crippen MR) is 126 cm³/mol. The van der Waals surface area contributed by atoms with E-state index in [-0.39, 0.29) is 5.91 Å². The summed E-state index contributed by atoms with van der Waals surface area (Å²) < 4.78 is 1.76. The number of nitrogens with one attached hydrogen (secondary N) is 2. The molecule has 1 atom stereocenters. The zero-order chi connectivity index (χ0) is 22.0. The van der Waals surface area contributed by atoms with Gasteiger partial charge in [0.15, 0.2) is 0 Å². The Labute approximate surface area is 188 Å². The number of amidine groups is 1. The molecule has 1 fully saturated rings. The van der Waals surface area contributed by atoms with Crippen LogP contribution in [0.4, 0.5) is 5.69 Å². The SMILES string of the molecule is CCn1nccc1C(=O)N1CC[C@]2(C1)NCc1ccccc1NC2=NCc1ccccc1. The summed E-state index contributed by atoms with van der Waals surface area (Å²) in [5.74, 6) is 0.915. The minimum Gasteiger partial charge on any atom is -0.342 e. The number of para-hydroxylation sites is 1. The topological polar surface area (TPSA) is 74.6 Å². The standard InChI is InChI=1S/C25H28N6O/c1-2-31-22(12-14-28-31)23(32)30-15-13-25(18-30)24(26-16-19-8-4-3-5-9-19)29-21-11-7-6-10-20(21)17-27-25/h3-12,14,27H,2,13,15-18H2,1H3,(H,26,29)/t25-/m1/s1. The number of aryl methyl sites for hydroxylation is 1. The number of aromatic nitrogens is 2. The monoisotopic (exact) mass is 428 g/mol. The molecule has 1 amide bonds. The number of nitrogens with zero attached hydrogens (tertiary/aromatic N) is 4. The first kappa shape index (κ1) is 20.5. The first-order valence-electron chi connectivity index (χ1n) is 11.2. The average molecular weight is 429 g/mol. The molecule has 1 saturated heterocycles. The zero-order valence-corrected chi connectivity index (χ0v) is 18.3. The fourth-order valence-electron chi connectivity index (χ4n) is 4.59. The molecule has 32 heavy (non-hydrogen) atoms. The highest BCUT2D eigenvalue weighted by Gasteiger charge is 2.45. The second kappa shape index (κ2) is 8.59. The third kappa shape index (κ3) is 3.80. The van der Waals surface area contributed by atoms with E-state index in [2.05, 4.69) is 46.1 Å². The molecule has 5 rings (SSSR count). The molecule has 2 aliphatic rings. The van der Waals surface area contributed by atoms with Gasteiger partial charge in [0, 0.05) is 38.1 Å². The van der Waals surface area contributed by atoms with E-state index in [1.807, 2.05) is 36.1 Å². The van der Waals surface area contributed by atoms with Gasteiger partial charge in [-0.3, -0.25) is 19.8 Å². The summed E-state index contributed by atoms with van der Waals surface area (Å²) in [5, 5.41) is 11.6. The summed E-state index contributed by atoms with van der Waals surface area (Å²) in [5.41, 5.74) is 3.65. The fourth-order valence-corrected chi connectivity index (χ4v) is 4.59. The highest BCUT2D eigenvalue weighted by atomic mass is 16.2. The van der Waals surface area contributed by atoms with Gasteiger partial charge in [-0.1, -0.05) is 48.5 Å². The maximum Gasteiger partial charge on any atom is 0.272 e. The summed E-state index contributed by atoms with van der Waals surface area (Å²) in [6.07, 6.45) is 2.49. The van der Waals surface area contributed by atoms with Crippen LogP contribution in [0.1, 0.15) is 35.0 Å². The van der Waals surface area contributed by atoms with Gasteiger partial charge in [0.1, 0.15) is 11.5 Å². The van der Waals surface area contributed by atoms with Crippen molar-refractivity contribution in [2.24, 2.45) is 4.99 Å². The van der Waals surface area contributed by atoms with Crippen molar-refractivity contribution in [3.05, 3.63) is 83.7 Å². The molecular weight excluding hydrogens is 400 g/mol. The van der Waals surface area contributed by atoms with Crippen LogP contribution in [0.3, 0.4) is 0 Å². The largest absolute Gasteiger partial charge is 0.342 e. The van der Waals surface area contributed by atoms with Crippen LogP contribution < -0.4 is 10.6 Å². The maximum absolute atomic E-state index is 13.3. The lowest BCUT2D eigenvalue weighted by atomic mass is 9.96. The Bertz CT molecular complexity index is 1140. The number of fused-ring (bicyclic) bond motifs is 1. The first-order chi connectivity index (χ1) is 15.7. The number of amides is 1. The second-order valence-corrected chi connectivity index (χ2v) is 8.38. The molecule has 2 aromatic carbocycles. The Morgan fingerprint density at radius 3 is 2.78 bits per heavy atom. The number of carbonyl (C=O) groups excluding carboxylic acids is 1. The molecule has 3 aromatic rings. The van der Waals surface area contributed by atoms with Crippen molar-refractivity contribution in [2.75, 3.05) is 18.4 Å². The van der Waals surface area contributed by atoms with Gasteiger partial charge in [-0.05, 0) is 36.6 Å². The molecule has 2 aliphatic heterocycles. The Morgan fingerprint density at radius 2 is 1.94 bits per heavy atom. The quantitative estimate of drug-likeness (QED) is 0.669. The van der Waals surface area contributed by atoms with Crippen molar-refractivity contribution in [3.63, 3.8) is 0 Å². The summed E-state index contributed by atoms with van der Waals surface area (Å²) in [6, 6.07) is 20.4. The van der Waals surface area contributed by atoms with Crippen molar-refractivity contribution in [3.8, 4) is 0 Å². The van der Waals surface area contributed by atoms with Crippen molar-refractivity contribution in [2.45, 2.75) is 38.5 Å². The number of anilines is 1. The summed E-state index contributed by atoms with van der Waals surface area (Å²) >= 11 is 0. The number of carbonyl (C=O) groups is 1. The van der Waals surface area contributed by atoms with E-state index in [4.69, 9.17) is 4.99 Å². The van der Waals surface area contributed by atoms with Gasteiger partial charge in [-0.15, -0.1) is 0 Å². The molecular formula is C25H28N6O. The summed E-state index contributed by atoms with van der Waals surface area (Å²) in [7, 11) is 0. The van der Waals surface area contributed by atoms with Crippen LogP contribution in [-0.2, 0) is 19.6 Å². The van der Waals surface area contributed by atoms with E-state index in [1.54, 1.807) is 16.9 Å². The van der Waals surface area contributed by atoms with Gasteiger partial charge >= 0.3 is 0 Å². The van der Waals surface area contributed by atoms with E-state index >= 15 is 0 Å². The van der Waals surface area contributed by atoms with Gasteiger partial charge in [0.25, 0.3) is 5.91 Å². The minimum absolute atomic E-state index is 0.0206. The van der Waals surface area contributed by atoms with Crippen molar-refractivity contribution >= 4 is 17.4 Å². The van der Waals surface area contributed by atoms with Crippen molar-refractivity contribution in [1.82, 2.24) is 20.0 Å². The zero-order valence-electron chi connectivity index (χ0n) is 18.3. The van der Waals surface area contributed by atoms with Gasteiger partial charge in [-0.25, -0.2) is 0 Å². The van der Waals surface area contributed by atoms with Crippen LogP contribution in [0.5, 0.6) is 0 Å². The lowest BCUT2D eigenvalue weighted by Gasteiger charge is -2.30. The first-order valence-corrected chi connectivity index (χ1v) is 11.2. The molecule has 2 N–H and O–H groups in total. The van der Waals surface area contributed by atoms with Gasteiger partial charge in [0.2, 0.25) is 0 Å². The van der Waals surface area contributed by atoms with Crippen LogP contribution >= 0.6 is 0 Å². The van der Waals surface area contributed by atoms with Crippen LogP contribution in [0.2, 0.25) is 0 Å². The molecule has 1 spiro atoms. The van der Waals surface area contributed by atoms with Crippen molar-refractivity contribution < 1.29 is 4.79 Å². The normalized spacial score (nSPS) is 21.4. The minimum atomic E-state index is -0.416. The molecule has 0 unspecified atom stereocenters. The van der Waals surface area contributed by atoms with E-state index in [0.29, 0.717) is 31.9 Å². The molecule has 0 aliphatic carbocycles. The Morgan fingerprint density at radius 1 is 1.12 bits per heavy atom. The highest BCUT2D eigenvalue weighted by molar-refractivity contribution is 6.05. The lowest BCUT2D eigenvalue weighted by Crippen LogP contribution is -2.55. The third-order valence-electron chi connectivity index (χ3n) is 6.40. The number of hydrogen-bond acceptors (Lipinski definition) is 4. The highest BCUT2D eigenvalue weighted by Crippen LogP contribution is 2.30. The van der Waals surface area contributed by atoms with Crippen molar-refractivity contribution in [1.29, 1.82) is 0 Å². The number of likely N-dealkylation sites (tertiary alicyclic amines) is 1. The van der Waals surface area contributed by atoms with Gasteiger partial charge in [-0.2, -0.15) is 5.10 Å². The van der Waals surface area contributed by atoms with E-state index in [0.717, 1.165) is 30.1 Å². The Balaban J connectivity index is 1.45. The van der Waals surface area contributed by atoms with Gasteiger partial charge in [0.05, 0.1) is 12.1 Å². The predicted octanol–water partition coefficient (Wildman–Crippen LogP) is 3.30. The van der Waals surface area contributed by atoms with Crippen LogP contribution in [0, 0.1) is 0 Å². The molecule has 7 heteroatoms. The van der Waals surface area contributed by atoms with E-state index in [1.165, 1.54) is 5.56 Å². The summed E-state index contributed by atoms with van der Waals surface area (Å²) in [4.78, 5) is 20.2. The Kier molecular flexibility index (Phi) is 5.49. The number of rotatable bonds is 4. The number of aliphatic imine (C=N–C) groups is 1. The molecule has 0 radical (unpaired) electrons. The second-order valence-electron chi connectivity index (χ2n) is 8.38. The molecule has 7 nitrogen and oxygen atoms in total. The summed E-state index contributed by atoms with van der Waals surface area (Å²) in [6.45, 7) is 5.22.